The lowest BCUT2D eigenvalue weighted by molar-refractivity contribution is -0.143. The summed E-state index contributed by atoms with van der Waals surface area (Å²) < 4.78 is 38.1. The number of carbonyl (C=O) groups is 2. The van der Waals surface area contributed by atoms with Gasteiger partial charge < -0.3 is 10.0 Å². The molecule has 0 aromatic heterocycles. The van der Waals surface area contributed by atoms with Crippen molar-refractivity contribution in [3.8, 4) is 0 Å². The third-order valence-corrected chi connectivity index (χ3v) is 4.15. The number of halogens is 1. The van der Waals surface area contributed by atoms with Gasteiger partial charge in [0.15, 0.2) is 0 Å². The predicted octanol–water partition coefficient (Wildman–Crippen LogP) is 1.28. The van der Waals surface area contributed by atoms with Gasteiger partial charge in [-0.15, -0.1) is 0 Å². The molecular weight excluding hydrogens is 327 g/mol. The van der Waals surface area contributed by atoms with Crippen molar-refractivity contribution in [2.45, 2.75) is 25.3 Å². The molecule has 1 heterocycles. The number of amides is 1. The smallest absolute Gasteiger partial charge is 0.326 e. The van der Waals surface area contributed by atoms with Crippen LogP contribution in [-0.2, 0) is 14.8 Å². The molecule has 126 valence electrons. The van der Waals surface area contributed by atoms with E-state index < -0.39 is 33.8 Å². The standard InChI is InChI=1S/C14H17FN2O5S/c1-23(21,22)16-11-8-9(5-6-10(11)15)13(18)17-7-3-2-4-12(17)14(19)20/h5-6,8,12,16H,2-4,7H2,1H3,(H,19,20). The second-order valence-electron chi connectivity index (χ2n) is 5.42. The number of anilines is 1. The first kappa shape index (κ1) is 17.2. The third kappa shape index (κ3) is 4.19. The highest BCUT2D eigenvalue weighted by atomic mass is 32.2. The van der Waals surface area contributed by atoms with Crippen LogP contribution in [0.1, 0.15) is 29.6 Å². The zero-order valence-corrected chi connectivity index (χ0v) is 13.3. The minimum Gasteiger partial charge on any atom is -0.480 e. The van der Waals surface area contributed by atoms with Gasteiger partial charge in [0.1, 0.15) is 11.9 Å². The largest absolute Gasteiger partial charge is 0.480 e. The molecule has 2 rings (SSSR count). The van der Waals surface area contributed by atoms with Gasteiger partial charge in [-0.1, -0.05) is 0 Å². The monoisotopic (exact) mass is 344 g/mol. The molecule has 1 aromatic rings. The first-order valence-electron chi connectivity index (χ1n) is 7.00. The van der Waals surface area contributed by atoms with Crippen LogP contribution in [0.5, 0.6) is 0 Å². The first-order chi connectivity index (χ1) is 10.7. The lowest BCUT2D eigenvalue weighted by atomic mass is 10.0. The van der Waals surface area contributed by atoms with Crippen molar-refractivity contribution >= 4 is 27.6 Å². The van der Waals surface area contributed by atoms with Crippen molar-refractivity contribution in [1.29, 1.82) is 0 Å². The van der Waals surface area contributed by atoms with Crippen LogP contribution in [0.4, 0.5) is 10.1 Å². The zero-order chi connectivity index (χ0) is 17.2. The Morgan fingerprint density at radius 1 is 1.35 bits per heavy atom. The van der Waals surface area contributed by atoms with Gasteiger partial charge in [0, 0.05) is 12.1 Å². The van der Waals surface area contributed by atoms with E-state index in [-0.39, 0.29) is 11.3 Å². The maximum atomic E-state index is 13.7. The van der Waals surface area contributed by atoms with Crippen LogP contribution in [-0.4, -0.2) is 49.1 Å². The van der Waals surface area contributed by atoms with Gasteiger partial charge in [0.05, 0.1) is 11.9 Å². The highest BCUT2D eigenvalue weighted by Crippen LogP contribution is 2.23. The van der Waals surface area contributed by atoms with Crippen molar-refractivity contribution in [2.75, 3.05) is 17.5 Å². The van der Waals surface area contributed by atoms with Gasteiger partial charge in [-0.05, 0) is 37.5 Å². The van der Waals surface area contributed by atoms with E-state index in [2.05, 4.69) is 0 Å². The number of rotatable bonds is 4. The van der Waals surface area contributed by atoms with Crippen LogP contribution in [0.25, 0.3) is 0 Å². The van der Waals surface area contributed by atoms with Crippen LogP contribution in [0, 0.1) is 5.82 Å². The summed E-state index contributed by atoms with van der Waals surface area (Å²) in [6.07, 6.45) is 2.62. The number of nitrogens with zero attached hydrogens (tertiary/aromatic N) is 1. The molecule has 1 aromatic carbocycles. The molecule has 7 nitrogen and oxygen atoms in total. The van der Waals surface area contributed by atoms with E-state index in [1.54, 1.807) is 0 Å². The summed E-state index contributed by atoms with van der Waals surface area (Å²) in [4.78, 5) is 25.0. The van der Waals surface area contributed by atoms with E-state index in [4.69, 9.17) is 0 Å². The Labute approximate surface area is 133 Å². The molecule has 0 spiro atoms. The predicted molar refractivity (Wildman–Crippen MR) is 81.2 cm³/mol. The van der Waals surface area contributed by atoms with Crippen molar-refractivity contribution in [1.82, 2.24) is 4.90 Å². The van der Waals surface area contributed by atoms with Gasteiger partial charge in [-0.3, -0.25) is 9.52 Å². The summed E-state index contributed by atoms with van der Waals surface area (Å²) in [6.45, 7) is 0.294. The van der Waals surface area contributed by atoms with Crippen LogP contribution < -0.4 is 4.72 Å². The second kappa shape index (κ2) is 6.53. The first-order valence-corrected chi connectivity index (χ1v) is 8.89. The van der Waals surface area contributed by atoms with E-state index in [1.165, 1.54) is 11.0 Å². The molecule has 1 fully saturated rings. The molecule has 1 unspecified atom stereocenters. The van der Waals surface area contributed by atoms with Gasteiger partial charge in [0.2, 0.25) is 10.0 Å². The third-order valence-electron chi connectivity index (χ3n) is 3.56. The second-order valence-corrected chi connectivity index (χ2v) is 7.17. The van der Waals surface area contributed by atoms with Crippen LogP contribution in [0.3, 0.4) is 0 Å². The average molecular weight is 344 g/mol. The van der Waals surface area contributed by atoms with Gasteiger partial charge in [-0.25, -0.2) is 17.6 Å². The summed E-state index contributed by atoms with van der Waals surface area (Å²) in [5.74, 6) is -2.47. The number of sulfonamides is 1. The molecular formula is C14H17FN2O5S. The Balaban J connectivity index is 2.31. The number of carboxylic acids is 1. The fraction of sp³-hybridized carbons (Fsp3) is 0.429. The van der Waals surface area contributed by atoms with Gasteiger partial charge in [-0.2, -0.15) is 0 Å². The summed E-state index contributed by atoms with van der Waals surface area (Å²) >= 11 is 0. The van der Waals surface area contributed by atoms with E-state index in [0.29, 0.717) is 25.8 Å². The number of hydrogen-bond donors (Lipinski definition) is 2. The zero-order valence-electron chi connectivity index (χ0n) is 12.5. The number of aliphatic carboxylic acids is 1. The lowest BCUT2D eigenvalue weighted by Crippen LogP contribution is -2.48. The summed E-state index contributed by atoms with van der Waals surface area (Å²) in [7, 11) is -3.70. The molecule has 0 bridgehead atoms. The van der Waals surface area contributed by atoms with Crippen LogP contribution in [0.15, 0.2) is 18.2 Å². The highest BCUT2D eigenvalue weighted by Gasteiger charge is 2.32. The van der Waals surface area contributed by atoms with Gasteiger partial charge in [0.25, 0.3) is 5.91 Å². The molecule has 1 aliphatic heterocycles. The Bertz CT molecular complexity index is 735. The normalized spacial score (nSPS) is 18.5. The van der Waals surface area contributed by atoms with Crippen molar-refractivity contribution < 1.29 is 27.5 Å². The summed E-state index contributed by atoms with van der Waals surface area (Å²) in [6, 6.07) is 2.33. The molecule has 1 amide bonds. The van der Waals surface area contributed by atoms with E-state index in [9.17, 15) is 27.5 Å². The topological polar surface area (TPSA) is 104 Å². The summed E-state index contributed by atoms with van der Waals surface area (Å²) in [5.41, 5.74) is -0.312. The van der Waals surface area contributed by atoms with E-state index in [0.717, 1.165) is 18.4 Å². The van der Waals surface area contributed by atoms with Crippen molar-refractivity contribution in [3.63, 3.8) is 0 Å². The molecule has 1 aliphatic rings. The van der Waals surface area contributed by atoms with Crippen LogP contribution >= 0.6 is 0 Å². The van der Waals surface area contributed by atoms with Crippen molar-refractivity contribution in [3.05, 3.63) is 29.6 Å². The number of benzene rings is 1. The Hall–Kier alpha value is -2.16. The fourth-order valence-electron chi connectivity index (χ4n) is 2.53. The van der Waals surface area contributed by atoms with Crippen molar-refractivity contribution in [2.24, 2.45) is 0 Å². The Kier molecular flexibility index (Phi) is 4.88. The Morgan fingerprint density at radius 2 is 2.04 bits per heavy atom. The molecule has 2 N–H and O–H groups in total. The molecule has 1 atom stereocenters. The minimum absolute atomic E-state index is 0.0331. The quantitative estimate of drug-likeness (QED) is 0.856. The van der Waals surface area contributed by atoms with E-state index in [1.807, 2.05) is 4.72 Å². The number of piperidine rings is 1. The molecule has 1 saturated heterocycles. The highest BCUT2D eigenvalue weighted by molar-refractivity contribution is 7.92. The molecule has 0 saturated carbocycles. The fourth-order valence-corrected chi connectivity index (χ4v) is 3.09. The molecule has 0 radical (unpaired) electrons. The molecule has 0 aliphatic carbocycles. The SMILES string of the molecule is CS(=O)(=O)Nc1cc(C(=O)N2CCCCC2C(=O)O)ccc1F. The number of carbonyl (C=O) groups excluding carboxylic acids is 1. The maximum absolute atomic E-state index is 13.7. The number of nitrogens with one attached hydrogen (secondary N) is 1. The number of carboxylic acid groups (broad SMARTS) is 1. The number of likely N-dealkylation sites (tertiary alicyclic amines) is 1. The van der Waals surface area contributed by atoms with Gasteiger partial charge >= 0.3 is 5.97 Å². The maximum Gasteiger partial charge on any atom is 0.326 e. The lowest BCUT2D eigenvalue weighted by Gasteiger charge is -2.33. The van der Waals surface area contributed by atoms with E-state index >= 15 is 0 Å². The minimum atomic E-state index is -3.70. The number of hydrogen-bond acceptors (Lipinski definition) is 4. The molecule has 9 heteroatoms. The average Bonchev–Trinajstić information content (AvgIpc) is 2.47. The summed E-state index contributed by atoms with van der Waals surface area (Å²) in [5, 5.41) is 9.21. The van der Waals surface area contributed by atoms with Crippen LogP contribution in [0.2, 0.25) is 0 Å². The molecule has 23 heavy (non-hydrogen) atoms. The Morgan fingerprint density at radius 3 is 2.65 bits per heavy atom.